The lowest BCUT2D eigenvalue weighted by molar-refractivity contribution is -0.139. The third-order valence-electron chi connectivity index (χ3n) is 1.72. The summed E-state index contributed by atoms with van der Waals surface area (Å²) >= 11 is 5.67. The van der Waals surface area contributed by atoms with Crippen LogP contribution in [-0.2, 0) is 0 Å². The van der Waals surface area contributed by atoms with Crippen molar-refractivity contribution in [3.63, 3.8) is 0 Å². The minimum Gasteiger partial charge on any atom is -0.493 e. The predicted molar refractivity (Wildman–Crippen MR) is 52.3 cm³/mol. The summed E-state index contributed by atoms with van der Waals surface area (Å²) in [5.74, 6) is 0.216. The molecular formula is C10H7ClF3NO. The Balaban J connectivity index is 2.57. The van der Waals surface area contributed by atoms with Gasteiger partial charge in [-0.05, 0) is 12.1 Å². The van der Waals surface area contributed by atoms with E-state index in [4.69, 9.17) is 21.6 Å². The molecule has 0 amide bonds. The van der Waals surface area contributed by atoms with Crippen LogP contribution < -0.4 is 4.74 Å². The average molecular weight is 250 g/mol. The number of hydrogen-bond donors (Lipinski definition) is 0. The molecule has 0 unspecified atom stereocenters. The van der Waals surface area contributed by atoms with Gasteiger partial charge in [0.05, 0.1) is 23.6 Å². The Morgan fingerprint density at radius 2 is 2.06 bits per heavy atom. The summed E-state index contributed by atoms with van der Waals surface area (Å²) in [6.45, 7) is -0.467. The second kappa shape index (κ2) is 5.08. The topological polar surface area (TPSA) is 33.0 Å². The van der Waals surface area contributed by atoms with Gasteiger partial charge in [0, 0.05) is 6.07 Å². The van der Waals surface area contributed by atoms with E-state index in [1.54, 1.807) is 0 Å². The fourth-order valence-corrected chi connectivity index (χ4v) is 1.17. The lowest BCUT2D eigenvalue weighted by atomic mass is 10.2. The van der Waals surface area contributed by atoms with Crippen LogP contribution in [0.5, 0.6) is 5.75 Å². The van der Waals surface area contributed by atoms with Gasteiger partial charge < -0.3 is 4.74 Å². The second-order valence-corrected chi connectivity index (χ2v) is 3.37. The molecule has 0 atom stereocenters. The number of hydrogen-bond acceptors (Lipinski definition) is 2. The Hall–Kier alpha value is -1.41. The third kappa shape index (κ3) is 3.99. The van der Waals surface area contributed by atoms with Crippen LogP contribution in [0.2, 0.25) is 5.02 Å². The fraction of sp³-hybridized carbons (Fsp3) is 0.300. The van der Waals surface area contributed by atoms with Crippen LogP contribution in [0, 0.1) is 11.3 Å². The summed E-state index contributed by atoms with van der Waals surface area (Å²) in [5, 5.41) is 8.73. The maximum atomic E-state index is 11.8. The van der Waals surface area contributed by atoms with E-state index in [0.29, 0.717) is 0 Å². The lowest BCUT2D eigenvalue weighted by Gasteiger charge is -2.08. The van der Waals surface area contributed by atoms with Crippen LogP contribution in [-0.4, -0.2) is 12.8 Å². The van der Waals surface area contributed by atoms with E-state index in [1.165, 1.54) is 18.2 Å². The van der Waals surface area contributed by atoms with Crippen molar-refractivity contribution in [2.45, 2.75) is 12.6 Å². The molecule has 0 heterocycles. The van der Waals surface area contributed by atoms with E-state index in [-0.39, 0.29) is 16.3 Å². The highest BCUT2D eigenvalue weighted by molar-refractivity contribution is 6.31. The van der Waals surface area contributed by atoms with Gasteiger partial charge in [0.15, 0.2) is 0 Å². The summed E-state index contributed by atoms with van der Waals surface area (Å²) in [6.07, 6.45) is -5.26. The molecule has 0 spiro atoms. The molecule has 2 nitrogen and oxygen atoms in total. The lowest BCUT2D eigenvalue weighted by Crippen LogP contribution is -2.13. The Kier molecular flexibility index (Phi) is 4.02. The zero-order valence-electron chi connectivity index (χ0n) is 8.01. The molecular weight excluding hydrogens is 243 g/mol. The summed E-state index contributed by atoms with van der Waals surface area (Å²) < 4.78 is 40.3. The molecule has 0 aliphatic rings. The van der Waals surface area contributed by atoms with Gasteiger partial charge in [-0.1, -0.05) is 11.6 Å². The van der Waals surface area contributed by atoms with Gasteiger partial charge in [0.1, 0.15) is 11.8 Å². The van der Waals surface area contributed by atoms with E-state index in [0.717, 1.165) is 0 Å². The van der Waals surface area contributed by atoms with Crippen molar-refractivity contribution >= 4 is 11.6 Å². The molecule has 1 aromatic rings. The number of ether oxygens (including phenoxy) is 1. The molecule has 0 aliphatic heterocycles. The minimum absolute atomic E-state index is 0.159. The van der Waals surface area contributed by atoms with E-state index < -0.39 is 19.2 Å². The van der Waals surface area contributed by atoms with E-state index in [2.05, 4.69) is 0 Å². The molecule has 0 saturated heterocycles. The predicted octanol–water partition coefficient (Wildman–Crippen LogP) is 3.54. The molecule has 0 aliphatic carbocycles. The van der Waals surface area contributed by atoms with Gasteiger partial charge >= 0.3 is 6.18 Å². The monoisotopic (exact) mass is 249 g/mol. The maximum absolute atomic E-state index is 11.8. The highest BCUT2D eigenvalue weighted by atomic mass is 35.5. The van der Waals surface area contributed by atoms with Crippen LogP contribution in [0.4, 0.5) is 13.2 Å². The van der Waals surface area contributed by atoms with Crippen LogP contribution >= 0.6 is 11.6 Å². The third-order valence-corrected chi connectivity index (χ3v) is 2.03. The highest BCUT2D eigenvalue weighted by Crippen LogP contribution is 2.24. The van der Waals surface area contributed by atoms with Gasteiger partial charge in [-0.25, -0.2) is 0 Å². The van der Waals surface area contributed by atoms with Gasteiger partial charge in [0.25, 0.3) is 0 Å². The van der Waals surface area contributed by atoms with Crippen molar-refractivity contribution in [1.82, 2.24) is 0 Å². The van der Waals surface area contributed by atoms with E-state index >= 15 is 0 Å². The first-order chi connectivity index (χ1) is 7.42. The summed E-state index contributed by atoms with van der Waals surface area (Å²) in [7, 11) is 0. The molecule has 86 valence electrons. The summed E-state index contributed by atoms with van der Waals surface area (Å²) in [5.41, 5.74) is 0.254. The molecule has 1 aromatic carbocycles. The van der Waals surface area contributed by atoms with Crippen molar-refractivity contribution in [2.24, 2.45) is 0 Å². The standard InChI is InChI=1S/C10H7ClF3NO/c11-9-5-8(2-1-7(9)6-15)16-4-3-10(12,13)14/h1-2,5H,3-4H2. The largest absolute Gasteiger partial charge is 0.493 e. The van der Waals surface area contributed by atoms with Crippen molar-refractivity contribution in [3.8, 4) is 11.8 Å². The zero-order chi connectivity index (χ0) is 12.2. The van der Waals surface area contributed by atoms with Crippen LogP contribution in [0.25, 0.3) is 0 Å². The van der Waals surface area contributed by atoms with E-state index in [9.17, 15) is 13.2 Å². The quantitative estimate of drug-likeness (QED) is 0.821. The van der Waals surface area contributed by atoms with Crippen molar-refractivity contribution in [3.05, 3.63) is 28.8 Å². The molecule has 0 N–H and O–H groups in total. The molecule has 0 aromatic heterocycles. The molecule has 0 bridgehead atoms. The Labute approximate surface area is 95.2 Å². The number of rotatable bonds is 3. The van der Waals surface area contributed by atoms with Gasteiger partial charge in [-0.3, -0.25) is 0 Å². The zero-order valence-corrected chi connectivity index (χ0v) is 8.77. The Morgan fingerprint density at radius 3 is 2.56 bits per heavy atom. The van der Waals surface area contributed by atoms with Gasteiger partial charge in [-0.2, -0.15) is 18.4 Å². The SMILES string of the molecule is N#Cc1ccc(OCCC(F)(F)F)cc1Cl. The number of halogens is 4. The number of nitriles is 1. The Morgan fingerprint density at radius 1 is 1.38 bits per heavy atom. The summed E-state index contributed by atoms with van der Waals surface area (Å²) in [4.78, 5) is 0. The number of nitrogens with zero attached hydrogens (tertiary/aromatic N) is 1. The maximum Gasteiger partial charge on any atom is 0.392 e. The van der Waals surface area contributed by atoms with E-state index in [1.807, 2.05) is 6.07 Å². The minimum atomic E-state index is -4.24. The van der Waals surface area contributed by atoms with Crippen LogP contribution in [0.3, 0.4) is 0 Å². The Bertz CT molecular complexity index is 412. The number of alkyl halides is 3. The van der Waals surface area contributed by atoms with Crippen molar-refractivity contribution in [2.75, 3.05) is 6.61 Å². The molecule has 0 saturated carbocycles. The molecule has 0 radical (unpaired) electrons. The molecule has 16 heavy (non-hydrogen) atoms. The first-order valence-corrected chi connectivity index (χ1v) is 4.69. The van der Waals surface area contributed by atoms with Gasteiger partial charge in [-0.15, -0.1) is 0 Å². The van der Waals surface area contributed by atoms with Gasteiger partial charge in [0.2, 0.25) is 0 Å². The molecule has 1 rings (SSSR count). The normalized spacial score (nSPS) is 10.9. The highest BCUT2D eigenvalue weighted by Gasteiger charge is 2.26. The summed E-state index contributed by atoms with van der Waals surface area (Å²) in [6, 6.07) is 5.95. The number of benzene rings is 1. The smallest absolute Gasteiger partial charge is 0.392 e. The molecule has 0 fully saturated rings. The average Bonchev–Trinajstić information content (AvgIpc) is 2.16. The van der Waals surface area contributed by atoms with Crippen LogP contribution in [0.15, 0.2) is 18.2 Å². The first-order valence-electron chi connectivity index (χ1n) is 4.31. The fourth-order valence-electron chi connectivity index (χ4n) is 0.961. The van der Waals surface area contributed by atoms with Crippen LogP contribution in [0.1, 0.15) is 12.0 Å². The second-order valence-electron chi connectivity index (χ2n) is 2.97. The first kappa shape index (κ1) is 12.7. The van der Waals surface area contributed by atoms with Crippen molar-refractivity contribution in [1.29, 1.82) is 5.26 Å². The van der Waals surface area contributed by atoms with Crippen molar-refractivity contribution < 1.29 is 17.9 Å². The molecule has 6 heteroatoms.